The number of rotatable bonds is 2. The molecule has 0 radical (unpaired) electrons. The second kappa shape index (κ2) is 4.66. The molecule has 0 aliphatic rings. The van der Waals surface area contributed by atoms with Crippen LogP contribution in [0.1, 0.15) is 17.7 Å². The summed E-state index contributed by atoms with van der Waals surface area (Å²) in [6.07, 6.45) is -1.50. The number of halogens is 5. The highest BCUT2D eigenvalue weighted by Crippen LogP contribution is 2.34. The summed E-state index contributed by atoms with van der Waals surface area (Å²) in [7, 11) is 0. The van der Waals surface area contributed by atoms with Crippen LogP contribution in [0, 0.1) is 0 Å². The summed E-state index contributed by atoms with van der Waals surface area (Å²) in [5.41, 5.74) is 0.354. The average Bonchev–Trinajstić information content (AvgIpc) is 2.09. The van der Waals surface area contributed by atoms with E-state index in [4.69, 9.17) is 11.6 Å². The monoisotopic (exact) mass is 333 g/mol. The van der Waals surface area contributed by atoms with Crippen LogP contribution in [0.4, 0.5) is 8.78 Å². The first kappa shape index (κ1) is 11.3. The molecule has 0 atom stereocenters. The zero-order chi connectivity index (χ0) is 10.0. The maximum Gasteiger partial charge on any atom is 0.266 e. The Kier molecular flexibility index (Phi) is 4.06. The molecular formula is C7H4Br2ClF2N. The van der Waals surface area contributed by atoms with E-state index in [0.29, 0.717) is 15.5 Å². The third kappa shape index (κ3) is 2.39. The number of hydrogen-bond donors (Lipinski definition) is 0. The quantitative estimate of drug-likeness (QED) is 0.733. The molecule has 0 amide bonds. The topological polar surface area (TPSA) is 12.9 Å². The van der Waals surface area contributed by atoms with Crippen LogP contribution in [0.2, 0.25) is 5.02 Å². The Morgan fingerprint density at radius 2 is 2.15 bits per heavy atom. The fourth-order valence-electron chi connectivity index (χ4n) is 0.760. The zero-order valence-electron chi connectivity index (χ0n) is 6.20. The van der Waals surface area contributed by atoms with Crippen LogP contribution in [-0.2, 0) is 5.33 Å². The number of alkyl halides is 3. The molecule has 0 fully saturated rings. The summed E-state index contributed by atoms with van der Waals surface area (Å²) in [4.78, 5) is 3.82. The van der Waals surface area contributed by atoms with Gasteiger partial charge in [-0.3, -0.25) is 4.98 Å². The predicted molar refractivity (Wildman–Crippen MR) is 54.5 cm³/mol. The molecule has 0 bridgehead atoms. The van der Waals surface area contributed by atoms with E-state index >= 15 is 0 Å². The standard InChI is InChI=1S/C7H4Br2ClF2N/c8-1-4-5(9)6(10)3(2-13-4)7(11)12/h2,7H,1H2. The molecule has 0 aliphatic carbocycles. The van der Waals surface area contributed by atoms with Gasteiger partial charge in [0.25, 0.3) is 6.43 Å². The number of nitrogens with zero attached hydrogens (tertiary/aromatic N) is 1. The van der Waals surface area contributed by atoms with E-state index in [1.165, 1.54) is 0 Å². The van der Waals surface area contributed by atoms with Crippen molar-refractivity contribution in [3.05, 3.63) is 26.9 Å². The van der Waals surface area contributed by atoms with E-state index in [-0.39, 0.29) is 10.6 Å². The molecule has 0 saturated carbocycles. The third-order valence-electron chi connectivity index (χ3n) is 1.42. The Bertz CT molecular complexity index is 320. The van der Waals surface area contributed by atoms with E-state index in [1.54, 1.807) is 0 Å². The third-order valence-corrected chi connectivity index (χ3v) is 3.44. The van der Waals surface area contributed by atoms with Gasteiger partial charge in [-0.15, -0.1) is 0 Å². The van der Waals surface area contributed by atoms with Gasteiger partial charge in [-0.05, 0) is 15.9 Å². The van der Waals surface area contributed by atoms with Gasteiger partial charge >= 0.3 is 0 Å². The molecule has 0 unspecified atom stereocenters. The first-order valence-electron chi connectivity index (χ1n) is 3.24. The molecule has 72 valence electrons. The van der Waals surface area contributed by atoms with Crippen molar-refractivity contribution in [3.63, 3.8) is 0 Å². The molecular weight excluding hydrogens is 331 g/mol. The van der Waals surface area contributed by atoms with Crippen molar-refractivity contribution in [3.8, 4) is 0 Å². The summed E-state index contributed by atoms with van der Waals surface area (Å²) in [5.74, 6) is 0. The fraction of sp³-hybridized carbons (Fsp3) is 0.286. The van der Waals surface area contributed by atoms with Gasteiger partial charge in [0, 0.05) is 11.5 Å². The lowest BCUT2D eigenvalue weighted by Gasteiger charge is -2.06. The first-order chi connectivity index (χ1) is 6.07. The lowest BCUT2D eigenvalue weighted by Crippen LogP contribution is -1.94. The van der Waals surface area contributed by atoms with E-state index in [0.717, 1.165) is 6.20 Å². The number of aromatic nitrogens is 1. The summed E-state index contributed by atoms with van der Waals surface area (Å²) in [5, 5.41) is 0.496. The number of hydrogen-bond acceptors (Lipinski definition) is 1. The van der Waals surface area contributed by atoms with E-state index in [2.05, 4.69) is 36.8 Å². The van der Waals surface area contributed by atoms with Crippen LogP contribution in [0.5, 0.6) is 0 Å². The Hall–Kier alpha value is 0.260. The van der Waals surface area contributed by atoms with Crippen molar-refractivity contribution >= 4 is 43.5 Å². The molecule has 1 aromatic heterocycles. The van der Waals surface area contributed by atoms with Crippen LogP contribution in [-0.4, -0.2) is 4.98 Å². The minimum Gasteiger partial charge on any atom is -0.259 e. The summed E-state index contributed by atoms with van der Waals surface area (Å²) in [6.45, 7) is 0. The van der Waals surface area contributed by atoms with Crippen molar-refractivity contribution in [1.29, 1.82) is 0 Å². The molecule has 1 heterocycles. The van der Waals surface area contributed by atoms with Crippen molar-refractivity contribution < 1.29 is 8.78 Å². The molecule has 13 heavy (non-hydrogen) atoms. The molecule has 6 heteroatoms. The van der Waals surface area contributed by atoms with Crippen LogP contribution in [0.3, 0.4) is 0 Å². The van der Waals surface area contributed by atoms with Crippen LogP contribution in [0.15, 0.2) is 10.7 Å². The van der Waals surface area contributed by atoms with Gasteiger partial charge in [0.05, 0.1) is 20.8 Å². The molecule has 1 rings (SSSR count). The van der Waals surface area contributed by atoms with Crippen molar-refractivity contribution in [2.75, 3.05) is 0 Å². The molecule has 1 aromatic rings. The maximum absolute atomic E-state index is 12.3. The largest absolute Gasteiger partial charge is 0.266 e. The predicted octanol–water partition coefficient (Wildman–Crippen LogP) is 4.33. The van der Waals surface area contributed by atoms with Crippen LogP contribution < -0.4 is 0 Å². The zero-order valence-corrected chi connectivity index (χ0v) is 10.1. The van der Waals surface area contributed by atoms with Crippen molar-refractivity contribution in [2.24, 2.45) is 0 Å². The van der Waals surface area contributed by atoms with Gasteiger partial charge in [-0.2, -0.15) is 0 Å². The van der Waals surface area contributed by atoms with Gasteiger partial charge in [0.2, 0.25) is 0 Å². The SMILES string of the molecule is FC(F)c1cnc(CBr)c(Br)c1Cl. The van der Waals surface area contributed by atoms with Gasteiger partial charge in [-0.1, -0.05) is 27.5 Å². The van der Waals surface area contributed by atoms with Crippen molar-refractivity contribution in [2.45, 2.75) is 11.8 Å². The highest BCUT2D eigenvalue weighted by molar-refractivity contribution is 9.10. The van der Waals surface area contributed by atoms with Crippen LogP contribution >= 0.6 is 43.5 Å². The molecule has 0 aliphatic heterocycles. The van der Waals surface area contributed by atoms with E-state index in [9.17, 15) is 8.78 Å². The fourth-order valence-corrected chi connectivity index (χ4v) is 2.27. The molecule has 1 nitrogen and oxygen atoms in total. The smallest absolute Gasteiger partial charge is 0.259 e. The normalized spacial score (nSPS) is 10.9. The highest BCUT2D eigenvalue weighted by atomic mass is 79.9. The highest BCUT2D eigenvalue weighted by Gasteiger charge is 2.16. The van der Waals surface area contributed by atoms with Gasteiger partial charge in [0.1, 0.15) is 0 Å². The Balaban J connectivity index is 3.23. The second-order valence-electron chi connectivity index (χ2n) is 2.22. The molecule has 0 aromatic carbocycles. The first-order valence-corrected chi connectivity index (χ1v) is 5.54. The lowest BCUT2D eigenvalue weighted by atomic mass is 10.2. The Morgan fingerprint density at radius 1 is 1.54 bits per heavy atom. The van der Waals surface area contributed by atoms with Gasteiger partial charge in [0.15, 0.2) is 0 Å². The summed E-state index contributed by atoms with van der Waals surface area (Å²) < 4.78 is 25.0. The van der Waals surface area contributed by atoms with Gasteiger partial charge < -0.3 is 0 Å². The lowest BCUT2D eigenvalue weighted by molar-refractivity contribution is 0.151. The van der Waals surface area contributed by atoms with Crippen LogP contribution in [0.25, 0.3) is 0 Å². The maximum atomic E-state index is 12.3. The van der Waals surface area contributed by atoms with E-state index in [1.807, 2.05) is 0 Å². The summed E-state index contributed by atoms with van der Waals surface area (Å²) >= 11 is 12.0. The minimum absolute atomic E-state index is 0.0273. The molecule has 0 spiro atoms. The Morgan fingerprint density at radius 3 is 2.62 bits per heavy atom. The van der Waals surface area contributed by atoms with Crippen molar-refractivity contribution in [1.82, 2.24) is 4.98 Å². The second-order valence-corrected chi connectivity index (χ2v) is 3.95. The summed E-state index contributed by atoms with van der Waals surface area (Å²) in [6, 6.07) is 0. The molecule has 0 saturated heterocycles. The average molecular weight is 335 g/mol. The molecule has 0 N–H and O–H groups in total. The van der Waals surface area contributed by atoms with E-state index < -0.39 is 6.43 Å². The Labute approximate surface area is 95.8 Å². The minimum atomic E-state index is -2.60. The number of pyridine rings is 1. The van der Waals surface area contributed by atoms with Gasteiger partial charge in [-0.25, -0.2) is 8.78 Å².